The minimum Gasteiger partial charge on any atom is -0.342 e. The molecule has 0 atom stereocenters. The van der Waals surface area contributed by atoms with E-state index >= 15 is 0 Å². The first kappa shape index (κ1) is 17.1. The van der Waals surface area contributed by atoms with Crippen molar-refractivity contribution in [3.8, 4) is 0 Å². The number of nitrogens with zero attached hydrogens (tertiary/aromatic N) is 2. The van der Waals surface area contributed by atoms with Crippen molar-refractivity contribution >= 4 is 28.9 Å². The average molecular weight is 359 g/mol. The van der Waals surface area contributed by atoms with Crippen LogP contribution in [-0.4, -0.2) is 28.0 Å². The molecule has 2 heterocycles. The van der Waals surface area contributed by atoms with E-state index in [1.165, 1.54) is 16.0 Å². The highest BCUT2D eigenvalue weighted by atomic mass is 16.2. The van der Waals surface area contributed by atoms with Crippen molar-refractivity contribution in [2.45, 2.75) is 20.4 Å². The molecule has 1 aliphatic heterocycles. The minimum absolute atomic E-state index is 0.280. The lowest BCUT2D eigenvalue weighted by Crippen LogP contribution is -2.30. The minimum atomic E-state index is -0.364. The summed E-state index contributed by atoms with van der Waals surface area (Å²) in [6.07, 6.45) is 3.80. The fraction of sp³-hybridized carbons (Fsp3) is 0.182. The second kappa shape index (κ2) is 6.76. The van der Waals surface area contributed by atoms with Gasteiger partial charge in [-0.3, -0.25) is 9.69 Å². The van der Waals surface area contributed by atoms with E-state index < -0.39 is 0 Å². The molecule has 1 N–H and O–H groups in total. The van der Waals surface area contributed by atoms with Gasteiger partial charge in [0.1, 0.15) is 5.70 Å². The molecule has 0 aliphatic carbocycles. The molecule has 4 rings (SSSR count). The Hall–Kier alpha value is -3.34. The van der Waals surface area contributed by atoms with E-state index in [0.717, 1.165) is 23.0 Å². The van der Waals surface area contributed by atoms with Gasteiger partial charge in [0, 0.05) is 35.8 Å². The van der Waals surface area contributed by atoms with Crippen LogP contribution in [0.25, 0.3) is 17.0 Å². The predicted octanol–water partition coefficient (Wildman–Crippen LogP) is 3.91. The Morgan fingerprint density at radius 2 is 1.78 bits per heavy atom. The number of para-hydroxylation sites is 1. The third kappa shape index (κ3) is 3.12. The Balaban J connectivity index is 1.74. The molecule has 1 aliphatic rings. The Bertz CT molecular complexity index is 1060. The average Bonchev–Trinajstić information content (AvgIpc) is 3.14. The van der Waals surface area contributed by atoms with Gasteiger partial charge >= 0.3 is 6.03 Å². The zero-order valence-corrected chi connectivity index (χ0v) is 15.4. The van der Waals surface area contributed by atoms with Crippen LogP contribution in [-0.2, 0) is 11.3 Å². The van der Waals surface area contributed by atoms with Gasteiger partial charge in [-0.05, 0) is 31.6 Å². The van der Waals surface area contributed by atoms with Gasteiger partial charge in [-0.25, -0.2) is 4.79 Å². The molecule has 3 amide bonds. The fourth-order valence-electron chi connectivity index (χ4n) is 3.43. The number of amides is 3. The summed E-state index contributed by atoms with van der Waals surface area (Å²) in [4.78, 5) is 25.5. The van der Waals surface area contributed by atoms with Crippen molar-refractivity contribution in [3.05, 3.63) is 77.1 Å². The van der Waals surface area contributed by atoms with Crippen molar-refractivity contribution < 1.29 is 9.59 Å². The number of carbonyl (C=O) groups excluding carboxylic acids is 2. The van der Waals surface area contributed by atoms with Gasteiger partial charge in [0.05, 0.1) is 0 Å². The number of hydrogen-bond acceptors (Lipinski definition) is 2. The van der Waals surface area contributed by atoms with Crippen LogP contribution < -0.4 is 5.32 Å². The lowest BCUT2D eigenvalue weighted by Gasteiger charge is -2.06. The first-order chi connectivity index (χ1) is 13.1. The standard InChI is InChI=1S/C22H21N3O2/c1-3-25-21(26)19(23-22(25)27)12-17-14-24(20-7-5-4-6-18(17)20)13-16-10-8-15(2)9-11-16/h4-12,14H,3,13H2,1-2H3,(H,23,27)/b19-12+. The summed E-state index contributed by atoms with van der Waals surface area (Å²) in [6, 6.07) is 16.2. The lowest BCUT2D eigenvalue weighted by molar-refractivity contribution is -0.122. The second-order valence-electron chi connectivity index (χ2n) is 6.75. The molecule has 0 radical (unpaired) electrons. The summed E-state index contributed by atoms with van der Waals surface area (Å²) in [5, 5.41) is 3.72. The van der Waals surface area contributed by atoms with Crippen LogP contribution >= 0.6 is 0 Å². The second-order valence-corrected chi connectivity index (χ2v) is 6.75. The monoisotopic (exact) mass is 359 g/mol. The number of rotatable bonds is 4. The fourth-order valence-corrected chi connectivity index (χ4v) is 3.43. The zero-order chi connectivity index (χ0) is 19.0. The summed E-state index contributed by atoms with van der Waals surface area (Å²) >= 11 is 0. The Morgan fingerprint density at radius 1 is 1.04 bits per heavy atom. The van der Waals surface area contributed by atoms with Gasteiger partial charge < -0.3 is 9.88 Å². The molecular weight excluding hydrogens is 338 g/mol. The number of aryl methyl sites for hydroxylation is 1. The van der Waals surface area contributed by atoms with Crippen LogP contribution in [0.2, 0.25) is 0 Å². The van der Waals surface area contributed by atoms with E-state index in [9.17, 15) is 9.59 Å². The first-order valence-electron chi connectivity index (χ1n) is 9.05. The molecule has 27 heavy (non-hydrogen) atoms. The topological polar surface area (TPSA) is 54.3 Å². The number of imide groups is 1. The van der Waals surface area contributed by atoms with Gasteiger partial charge in [-0.15, -0.1) is 0 Å². The molecule has 0 bridgehead atoms. The maximum absolute atomic E-state index is 12.4. The molecule has 0 saturated carbocycles. The van der Waals surface area contributed by atoms with E-state index in [1.807, 2.05) is 24.4 Å². The lowest BCUT2D eigenvalue weighted by atomic mass is 10.1. The van der Waals surface area contributed by atoms with Crippen molar-refractivity contribution in [1.29, 1.82) is 0 Å². The summed E-state index contributed by atoms with van der Waals surface area (Å²) < 4.78 is 2.17. The number of fused-ring (bicyclic) bond motifs is 1. The Kier molecular flexibility index (Phi) is 4.28. The smallest absolute Gasteiger partial charge is 0.328 e. The molecule has 0 spiro atoms. The number of aromatic nitrogens is 1. The number of benzene rings is 2. The highest BCUT2D eigenvalue weighted by Gasteiger charge is 2.32. The molecule has 3 aromatic rings. The molecule has 2 aromatic carbocycles. The number of nitrogens with one attached hydrogen (secondary N) is 1. The molecule has 136 valence electrons. The van der Waals surface area contributed by atoms with Crippen LogP contribution in [0.1, 0.15) is 23.6 Å². The van der Waals surface area contributed by atoms with Gasteiger partial charge in [-0.1, -0.05) is 48.0 Å². The Labute approximate surface area is 157 Å². The summed E-state index contributed by atoms with van der Waals surface area (Å²) in [6.45, 7) is 4.96. The summed E-state index contributed by atoms with van der Waals surface area (Å²) in [5.41, 5.74) is 4.77. The molecule has 1 saturated heterocycles. The third-order valence-electron chi connectivity index (χ3n) is 4.87. The quantitative estimate of drug-likeness (QED) is 0.567. The predicted molar refractivity (Wildman–Crippen MR) is 106 cm³/mol. The zero-order valence-electron chi connectivity index (χ0n) is 15.4. The Morgan fingerprint density at radius 3 is 2.48 bits per heavy atom. The molecule has 0 unspecified atom stereocenters. The van der Waals surface area contributed by atoms with Crippen molar-refractivity contribution in [2.75, 3.05) is 6.54 Å². The van der Waals surface area contributed by atoms with E-state index in [1.54, 1.807) is 13.0 Å². The third-order valence-corrected chi connectivity index (χ3v) is 4.87. The summed E-state index contributed by atoms with van der Waals surface area (Å²) in [7, 11) is 0. The summed E-state index contributed by atoms with van der Waals surface area (Å²) in [5.74, 6) is -0.280. The van der Waals surface area contributed by atoms with Gasteiger partial charge in [0.15, 0.2) is 0 Å². The van der Waals surface area contributed by atoms with Crippen LogP contribution in [0, 0.1) is 6.92 Å². The van der Waals surface area contributed by atoms with E-state index in [2.05, 4.69) is 47.1 Å². The molecule has 1 aromatic heterocycles. The SMILES string of the molecule is CCN1C(=O)N/C(=C/c2cn(Cc3ccc(C)cc3)c3ccccc23)C1=O. The highest BCUT2D eigenvalue weighted by Crippen LogP contribution is 2.25. The van der Waals surface area contributed by atoms with Crippen molar-refractivity contribution in [3.63, 3.8) is 0 Å². The van der Waals surface area contributed by atoms with E-state index in [0.29, 0.717) is 12.2 Å². The molecule has 1 fully saturated rings. The van der Waals surface area contributed by atoms with Crippen LogP contribution in [0.15, 0.2) is 60.4 Å². The largest absolute Gasteiger partial charge is 0.342 e. The maximum atomic E-state index is 12.4. The highest BCUT2D eigenvalue weighted by molar-refractivity contribution is 6.14. The number of carbonyl (C=O) groups is 2. The normalized spacial score (nSPS) is 15.8. The molecule has 5 heteroatoms. The maximum Gasteiger partial charge on any atom is 0.328 e. The van der Waals surface area contributed by atoms with Gasteiger partial charge in [0.25, 0.3) is 5.91 Å². The van der Waals surface area contributed by atoms with E-state index in [-0.39, 0.29) is 11.9 Å². The first-order valence-corrected chi connectivity index (χ1v) is 9.05. The molecular formula is C22H21N3O2. The van der Waals surface area contributed by atoms with Crippen molar-refractivity contribution in [2.24, 2.45) is 0 Å². The van der Waals surface area contributed by atoms with Crippen LogP contribution in [0.5, 0.6) is 0 Å². The van der Waals surface area contributed by atoms with Crippen molar-refractivity contribution in [1.82, 2.24) is 14.8 Å². The van der Waals surface area contributed by atoms with Gasteiger partial charge in [0.2, 0.25) is 0 Å². The van der Waals surface area contributed by atoms with Crippen LogP contribution in [0.4, 0.5) is 4.79 Å². The van der Waals surface area contributed by atoms with Crippen LogP contribution in [0.3, 0.4) is 0 Å². The van der Waals surface area contributed by atoms with Gasteiger partial charge in [-0.2, -0.15) is 0 Å². The number of urea groups is 1. The molecule has 5 nitrogen and oxygen atoms in total. The van der Waals surface area contributed by atoms with E-state index in [4.69, 9.17) is 0 Å². The number of likely N-dealkylation sites (N-methyl/N-ethyl adjacent to an activating group) is 1. The number of hydrogen-bond donors (Lipinski definition) is 1.